The Kier molecular flexibility index (Phi) is 3.18. The zero-order valence-corrected chi connectivity index (χ0v) is 11.7. The molecule has 1 saturated heterocycles. The maximum atomic E-state index is 6.00. The van der Waals surface area contributed by atoms with Gasteiger partial charge in [-0.1, -0.05) is 17.5 Å². The monoisotopic (exact) mass is 263 g/mol. The Hall–Kier alpha value is -1.02. The first-order valence-electron chi connectivity index (χ1n) is 5.75. The highest BCUT2D eigenvalue weighted by Gasteiger charge is 2.52. The van der Waals surface area contributed by atoms with Gasteiger partial charge >= 0.3 is 7.12 Å². The van der Waals surface area contributed by atoms with Crippen molar-refractivity contribution in [1.29, 1.82) is 0 Å². The zero-order valence-electron chi connectivity index (χ0n) is 11.0. The molecule has 0 atom stereocenters. The smallest absolute Gasteiger partial charge is 0.398 e. The lowest BCUT2D eigenvalue weighted by molar-refractivity contribution is 0.00578. The van der Waals surface area contributed by atoms with Crippen molar-refractivity contribution in [3.05, 3.63) is 22.8 Å². The van der Waals surface area contributed by atoms with Crippen molar-refractivity contribution >= 4 is 24.3 Å². The van der Waals surface area contributed by atoms with E-state index in [4.69, 9.17) is 27.3 Å². The lowest BCUT2D eigenvalue weighted by Gasteiger charge is -2.32. The van der Waals surface area contributed by atoms with Crippen LogP contribution in [0.1, 0.15) is 33.4 Å². The molecule has 2 heterocycles. The molecule has 1 aliphatic heterocycles. The van der Waals surface area contributed by atoms with Crippen LogP contribution in [0.3, 0.4) is 0 Å². The van der Waals surface area contributed by atoms with E-state index in [1.54, 1.807) is 12.1 Å². The van der Waals surface area contributed by atoms with Crippen molar-refractivity contribution in [2.75, 3.05) is 0 Å². The van der Waals surface area contributed by atoms with Gasteiger partial charge in [0.15, 0.2) is 0 Å². The van der Waals surface area contributed by atoms with Gasteiger partial charge in [-0.15, -0.1) is 6.42 Å². The predicted molar refractivity (Wildman–Crippen MR) is 72.9 cm³/mol. The number of nitrogens with zero attached hydrogens (tertiary/aromatic N) is 1. The molecule has 0 aromatic carbocycles. The van der Waals surface area contributed by atoms with E-state index in [2.05, 4.69) is 10.9 Å². The average Bonchev–Trinajstić information content (AvgIpc) is 2.47. The SMILES string of the molecule is C#Cc1cc(Cl)cc(B2OC(C)(C)C(C)(C)O2)n1. The molecule has 1 aromatic rings. The number of terminal acetylenes is 1. The molecule has 0 spiro atoms. The van der Waals surface area contributed by atoms with Gasteiger partial charge in [0.05, 0.1) is 16.8 Å². The number of halogens is 1. The van der Waals surface area contributed by atoms with E-state index in [-0.39, 0.29) is 0 Å². The molecule has 0 saturated carbocycles. The summed E-state index contributed by atoms with van der Waals surface area (Å²) in [5.74, 6) is 2.47. The van der Waals surface area contributed by atoms with Gasteiger partial charge < -0.3 is 9.31 Å². The van der Waals surface area contributed by atoms with Crippen LogP contribution < -0.4 is 5.59 Å². The topological polar surface area (TPSA) is 31.4 Å². The summed E-state index contributed by atoms with van der Waals surface area (Å²) in [6.07, 6.45) is 5.34. The Balaban J connectivity index is 2.36. The zero-order chi connectivity index (χ0) is 13.6. The summed E-state index contributed by atoms with van der Waals surface area (Å²) in [5.41, 5.74) is 0.275. The largest absolute Gasteiger partial charge is 0.514 e. The third-order valence-corrected chi connectivity index (χ3v) is 3.67. The highest BCUT2D eigenvalue weighted by Crippen LogP contribution is 2.36. The minimum Gasteiger partial charge on any atom is -0.398 e. The Morgan fingerprint density at radius 3 is 2.28 bits per heavy atom. The van der Waals surface area contributed by atoms with Crippen LogP contribution >= 0.6 is 11.6 Å². The minimum atomic E-state index is -0.541. The Morgan fingerprint density at radius 1 is 1.22 bits per heavy atom. The second kappa shape index (κ2) is 4.27. The molecule has 0 bridgehead atoms. The third-order valence-electron chi connectivity index (χ3n) is 3.45. The molecule has 18 heavy (non-hydrogen) atoms. The van der Waals surface area contributed by atoms with Crippen molar-refractivity contribution in [3.8, 4) is 12.3 Å². The Morgan fingerprint density at radius 2 is 1.78 bits per heavy atom. The van der Waals surface area contributed by atoms with Gasteiger partial charge in [0.1, 0.15) is 5.69 Å². The van der Waals surface area contributed by atoms with Crippen molar-refractivity contribution in [2.24, 2.45) is 0 Å². The normalized spacial score (nSPS) is 20.8. The molecule has 0 radical (unpaired) electrons. The fourth-order valence-corrected chi connectivity index (χ4v) is 1.89. The number of hydrogen-bond donors (Lipinski definition) is 0. The van der Waals surface area contributed by atoms with Crippen molar-refractivity contribution in [1.82, 2.24) is 4.98 Å². The first-order chi connectivity index (χ1) is 8.25. The molecule has 0 aliphatic carbocycles. The standard InChI is InChI=1S/C13H15BClNO2/c1-6-10-7-9(15)8-11(16-10)14-17-12(2,3)13(4,5)18-14/h1,7-8H,2-5H3. The molecule has 2 rings (SSSR count). The van der Waals surface area contributed by atoms with Crippen LogP contribution in [0.4, 0.5) is 0 Å². The number of rotatable bonds is 1. The van der Waals surface area contributed by atoms with Crippen molar-refractivity contribution < 1.29 is 9.31 Å². The summed E-state index contributed by atoms with van der Waals surface area (Å²) in [6, 6.07) is 3.35. The van der Waals surface area contributed by atoms with E-state index < -0.39 is 18.3 Å². The summed E-state index contributed by atoms with van der Waals surface area (Å²) in [4.78, 5) is 4.29. The van der Waals surface area contributed by atoms with E-state index in [0.29, 0.717) is 16.3 Å². The number of pyridine rings is 1. The van der Waals surface area contributed by atoms with Gasteiger partial charge in [0.25, 0.3) is 0 Å². The van der Waals surface area contributed by atoms with Crippen LogP contribution in [0.2, 0.25) is 5.02 Å². The van der Waals surface area contributed by atoms with Gasteiger partial charge in [0.2, 0.25) is 0 Å². The molecule has 1 aliphatic rings. The first kappa shape index (κ1) is 13.4. The average molecular weight is 264 g/mol. The third kappa shape index (κ3) is 2.26. The fraction of sp³-hybridized carbons (Fsp3) is 0.462. The molecule has 0 N–H and O–H groups in total. The number of aromatic nitrogens is 1. The summed E-state index contributed by atoms with van der Waals surface area (Å²) >= 11 is 6.00. The van der Waals surface area contributed by atoms with E-state index in [0.717, 1.165) is 0 Å². The molecule has 0 amide bonds. The quantitative estimate of drug-likeness (QED) is 0.574. The highest BCUT2D eigenvalue weighted by molar-refractivity contribution is 6.61. The maximum Gasteiger partial charge on any atom is 0.514 e. The molecular weight excluding hydrogens is 248 g/mol. The molecular formula is C13H15BClNO2. The van der Waals surface area contributed by atoms with Gasteiger partial charge in [-0.3, -0.25) is 0 Å². The Labute approximate surface area is 113 Å². The maximum absolute atomic E-state index is 6.00. The first-order valence-corrected chi connectivity index (χ1v) is 6.13. The summed E-state index contributed by atoms with van der Waals surface area (Å²) in [5, 5.41) is 0.530. The van der Waals surface area contributed by atoms with Crippen LogP contribution in [0.5, 0.6) is 0 Å². The molecule has 1 aromatic heterocycles. The second-order valence-electron chi connectivity index (χ2n) is 5.33. The lowest BCUT2D eigenvalue weighted by atomic mass is 9.84. The second-order valence-corrected chi connectivity index (χ2v) is 5.76. The van der Waals surface area contributed by atoms with Crippen LogP contribution in [-0.2, 0) is 9.31 Å². The van der Waals surface area contributed by atoms with Crippen LogP contribution in [0, 0.1) is 12.3 Å². The lowest BCUT2D eigenvalue weighted by Crippen LogP contribution is -2.41. The van der Waals surface area contributed by atoms with E-state index in [1.807, 2.05) is 27.7 Å². The molecule has 0 unspecified atom stereocenters. The highest BCUT2D eigenvalue weighted by atomic mass is 35.5. The number of hydrogen-bond acceptors (Lipinski definition) is 3. The van der Waals surface area contributed by atoms with Crippen molar-refractivity contribution in [3.63, 3.8) is 0 Å². The van der Waals surface area contributed by atoms with Crippen molar-refractivity contribution in [2.45, 2.75) is 38.9 Å². The summed E-state index contributed by atoms with van der Waals surface area (Å²) in [7, 11) is -0.541. The van der Waals surface area contributed by atoms with Crippen LogP contribution in [0.15, 0.2) is 12.1 Å². The minimum absolute atomic E-state index is 0.405. The molecule has 94 valence electrons. The molecule has 1 fully saturated rings. The van der Waals surface area contributed by atoms with Gasteiger partial charge in [-0.05, 0) is 39.8 Å². The molecule has 3 nitrogen and oxygen atoms in total. The molecule has 5 heteroatoms. The summed E-state index contributed by atoms with van der Waals surface area (Å²) in [6.45, 7) is 7.94. The fourth-order valence-electron chi connectivity index (χ4n) is 1.68. The van der Waals surface area contributed by atoms with E-state index >= 15 is 0 Å². The summed E-state index contributed by atoms with van der Waals surface area (Å²) < 4.78 is 11.8. The van der Waals surface area contributed by atoms with Gasteiger partial charge in [0, 0.05) is 5.02 Å². The van der Waals surface area contributed by atoms with Gasteiger partial charge in [-0.2, -0.15) is 0 Å². The van der Waals surface area contributed by atoms with Crippen LogP contribution in [-0.4, -0.2) is 23.3 Å². The van der Waals surface area contributed by atoms with E-state index in [1.165, 1.54) is 0 Å². The Bertz CT molecular complexity index is 506. The van der Waals surface area contributed by atoms with E-state index in [9.17, 15) is 0 Å². The predicted octanol–water partition coefficient (Wildman–Crippen LogP) is 2.02. The van der Waals surface area contributed by atoms with Gasteiger partial charge in [-0.25, -0.2) is 4.98 Å². The van der Waals surface area contributed by atoms with Crippen LogP contribution in [0.25, 0.3) is 0 Å².